The number of hydrogen-bond donors (Lipinski definition) is 2. The maximum atomic E-state index is 9.47. The highest BCUT2D eigenvalue weighted by Gasteiger charge is 2.38. The van der Waals surface area contributed by atoms with Crippen molar-refractivity contribution in [2.45, 2.75) is 43.7 Å². The Morgan fingerprint density at radius 2 is 1.57 bits per heavy atom. The first-order valence-electron chi connectivity index (χ1n) is 12.4. The van der Waals surface area contributed by atoms with Crippen LogP contribution >= 0.6 is 11.8 Å². The molecule has 2 heterocycles. The summed E-state index contributed by atoms with van der Waals surface area (Å²) in [7, 11) is 0. The highest BCUT2D eigenvalue weighted by molar-refractivity contribution is 7.99. The predicted molar refractivity (Wildman–Crippen MR) is 145 cm³/mol. The van der Waals surface area contributed by atoms with Crippen molar-refractivity contribution >= 4 is 11.8 Å². The van der Waals surface area contributed by atoms with Gasteiger partial charge in [-0.25, -0.2) is 9.97 Å². The first-order chi connectivity index (χ1) is 18.2. The Balaban J connectivity index is 1.40. The van der Waals surface area contributed by atoms with Gasteiger partial charge in [0, 0.05) is 36.2 Å². The van der Waals surface area contributed by atoms with E-state index in [1.165, 1.54) is 0 Å². The fraction of sp³-hybridized carbons (Fsp3) is 0.267. The monoisotopic (exact) mass is 513 g/mol. The van der Waals surface area contributed by atoms with E-state index in [1.54, 1.807) is 24.2 Å². The second-order valence-electron chi connectivity index (χ2n) is 9.15. The quantitative estimate of drug-likeness (QED) is 0.231. The van der Waals surface area contributed by atoms with Gasteiger partial charge in [0.1, 0.15) is 0 Å². The fourth-order valence-corrected chi connectivity index (χ4v) is 5.59. The minimum Gasteiger partial charge on any atom is -0.392 e. The molecule has 0 saturated carbocycles. The number of aromatic nitrogens is 2. The number of hydrogen-bond acceptors (Lipinski definition) is 7. The number of rotatable bonds is 8. The SMILES string of the molecule is C[C@@H]1[C@H](CSc2ncccn2)O[C@H](c2ccc(-c3ccccc3CN)cc2)O[C@@H]1c1ccc(CO)cc1. The molecule has 0 spiro atoms. The Morgan fingerprint density at radius 3 is 2.27 bits per heavy atom. The second kappa shape index (κ2) is 12.0. The third-order valence-electron chi connectivity index (χ3n) is 6.77. The molecule has 0 radical (unpaired) electrons. The van der Waals surface area contributed by atoms with E-state index in [1.807, 2.05) is 42.5 Å². The molecule has 0 aliphatic carbocycles. The van der Waals surface area contributed by atoms with Crippen LogP contribution in [0.2, 0.25) is 0 Å². The van der Waals surface area contributed by atoms with Gasteiger partial charge in [-0.15, -0.1) is 0 Å². The average Bonchev–Trinajstić information content (AvgIpc) is 2.97. The van der Waals surface area contributed by atoms with Gasteiger partial charge in [-0.05, 0) is 33.9 Å². The molecule has 1 aromatic heterocycles. The minimum atomic E-state index is -0.514. The van der Waals surface area contributed by atoms with E-state index < -0.39 is 6.29 Å². The molecular formula is C30H31N3O3S. The van der Waals surface area contributed by atoms with E-state index in [0.717, 1.165) is 38.5 Å². The minimum absolute atomic E-state index is 0.0169. The zero-order valence-electron chi connectivity index (χ0n) is 20.7. The number of aliphatic hydroxyl groups is 1. The Bertz CT molecular complexity index is 1290. The van der Waals surface area contributed by atoms with E-state index in [2.05, 4.69) is 53.3 Å². The summed E-state index contributed by atoms with van der Waals surface area (Å²) in [5.41, 5.74) is 12.2. The number of nitrogens with two attached hydrogens (primary N) is 1. The Labute approximate surface area is 221 Å². The van der Waals surface area contributed by atoms with Gasteiger partial charge in [-0.2, -0.15) is 0 Å². The molecule has 4 aromatic rings. The van der Waals surface area contributed by atoms with Crippen molar-refractivity contribution in [3.05, 3.63) is 114 Å². The predicted octanol–water partition coefficient (Wildman–Crippen LogP) is 5.68. The van der Waals surface area contributed by atoms with Crippen LogP contribution in [0.15, 0.2) is 96.4 Å². The summed E-state index contributed by atoms with van der Waals surface area (Å²) in [5, 5.41) is 10.2. The first-order valence-corrected chi connectivity index (χ1v) is 13.4. The molecule has 37 heavy (non-hydrogen) atoms. The van der Waals surface area contributed by atoms with Gasteiger partial charge in [-0.1, -0.05) is 91.5 Å². The van der Waals surface area contributed by atoms with Crippen molar-refractivity contribution < 1.29 is 14.6 Å². The molecule has 3 N–H and O–H groups in total. The van der Waals surface area contributed by atoms with Crippen molar-refractivity contribution in [2.24, 2.45) is 11.7 Å². The summed E-state index contributed by atoms with van der Waals surface area (Å²) in [6, 6.07) is 26.3. The Kier molecular flexibility index (Phi) is 8.28. The summed E-state index contributed by atoms with van der Waals surface area (Å²) in [6.07, 6.45) is 2.75. The highest BCUT2D eigenvalue weighted by Crippen LogP contribution is 2.43. The molecule has 7 heteroatoms. The van der Waals surface area contributed by atoms with E-state index in [9.17, 15) is 5.11 Å². The van der Waals surface area contributed by atoms with Gasteiger partial charge in [0.15, 0.2) is 11.4 Å². The number of aliphatic hydroxyl groups excluding tert-OH is 1. The molecule has 1 fully saturated rings. The van der Waals surface area contributed by atoms with Gasteiger partial charge in [0.25, 0.3) is 0 Å². The number of ether oxygens (including phenoxy) is 2. The highest BCUT2D eigenvalue weighted by atomic mass is 32.2. The zero-order valence-corrected chi connectivity index (χ0v) is 21.6. The molecule has 0 bridgehead atoms. The molecule has 1 saturated heterocycles. The molecule has 3 aromatic carbocycles. The molecule has 0 amide bonds. The van der Waals surface area contributed by atoms with Crippen LogP contribution in [0.5, 0.6) is 0 Å². The van der Waals surface area contributed by atoms with Crippen LogP contribution in [0.1, 0.15) is 41.6 Å². The molecule has 0 unspecified atom stereocenters. The Hall–Kier alpha value is -3.07. The van der Waals surface area contributed by atoms with Crippen LogP contribution in [-0.4, -0.2) is 26.9 Å². The average molecular weight is 514 g/mol. The lowest BCUT2D eigenvalue weighted by molar-refractivity contribution is -0.268. The lowest BCUT2D eigenvalue weighted by atomic mass is 9.91. The van der Waals surface area contributed by atoms with Gasteiger partial charge in [0.2, 0.25) is 0 Å². The van der Waals surface area contributed by atoms with Crippen LogP contribution in [0.4, 0.5) is 0 Å². The third-order valence-corrected chi connectivity index (χ3v) is 7.74. The van der Waals surface area contributed by atoms with Crippen molar-refractivity contribution in [2.75, 3.05) is 5.75 Å². The lowest BCUT2D eigenvalue weighted by Crippen LogP contribution is -2.38. The molecule has 4 atom stereocenters. The number of thioether (sulfide) groups is 1. The van der Waals surface area contributed by atoms with E-state index in [0.29, 0.717) is 12.3 Å². The molecule has 1 aliphatic rings. The number of benzene rings is 3. The van der Waals surface area contributed by atoms with Crippen molar-refractivity contribution in [1.29, 1.82) is 0 Å². The largest absolute Gasteiger partial charge is 0.392 e. The van der Waals surface area contributed by atoms with Crippen LogP contribution in [0, 0.1) is 5.92 Å². The van der Waals surface area contributed by atoms with Crippen molar-refractivity contribution in [3.63, 3.8) is 0 Å². The summed E-state index contributed by atoms with van der Waals surface area (Å²) in [6.45, 7) is 2.67. The Morgan fingerprint density at radius 1 is 0.865 bits per heavy atom. The van der Waals surface area contributed by atoms with Crippen LogP contribution in [0.25, 0.3) is 11.1 Å². The van der Waals surface area contributed by atoms with Crippen molar-refractivity contribution in [1.82, 2.24) is 9.97 Å². The van der Waals surface area contributed by atoms with Crippen molar-refractivity contribution in [3.8, 4) is 11.1 Å². The number of nitrogens with zero attached hydrogens (tertiary/aromatic N) is 2. The summed E-state index contributed by atoms with van der Waals surface area (Å²) >= 11 is 1.59. The molecule has 5 rings (SSSR count). The van der Waals surface area contributed by atoms with Crippen LogP contribution in [0.3, 0.4) is 0 Å². The smallest absolute Gasteiger partial charge is 0.187 e. The van der Waals surface area contributed by atoms with Crippen LogP contribution < -0.4 is 5.73 Å². The maximum absolute atomic E-state index is 9.47. The summed E-state index contributed by atoms with van der Waals surface area (Å²) < 4.78 is 13.1. The third kappa shape index (κ3) is 5.92. The summed E-state index contributed by atoms with van der Waals surface area (Å²) in [4.78, 5) is 8.69. The van der Waals surface area contributed by atoms with Gasteiger partial charge < -0.3 is 20.3 Å². The van der Waals surface area contributed by atoms with Gasteiger partial charge in [0.05, 0.1) is 18.8 Å². The van der Waals surface area contributed by atoms with Gasteiger partial charge >= 0.3 is 0 Å². The summed E-state index contributed by atoms with van der Waals surface area (Å²) in [5.74, 6) is 0.807. The molecule has 190 valence electrons. The maximum Gasteiger partial charge on any atom is 0.187 e. The molecule has 1 aliphatic heterocycles. The lowest BCUT2D eigenvalue weighted by Gasteiger charge is -2.41. The molecular weight excluding hydrogens is 482 g/mol. The zero-order chi connectivity index (χ0) is 25.6. The standard InChI is InChI=1S/C30H31N3O3S/c1-20-27(19-37-30-32-15-4-16-33-30)35-29(36-28(20)23-9-7-21(18-34)8-10-23)24-13-11-22(12-14-24)26-6-3-2-5-25(26)17-31/h2-16,20,27-29,34H,17-19,31H2,1H3/t20-,27+,28+,29+/m1/s1. The van der Waals surface area contributed by atoms with E-state index in [4.69, 9.17) is 15.2 Å². The topological polar surface area (TPSA) is 90.5 Å². The van der Waals surface area contributed by atoms with E-state index in [-0.39, 0.29) is 24.7 Å². The van der Waals surface area contributed by atoms with E-state index >= 15 is 0 Å². The normalized spacial score (nSPS) is 21.6. The molecule has 6 nitrogen and oxygen atoms in total. The first kappa shape index (κ1) is 25.6. The van der Waals surface area contributed by atoms with Gasteiger partial charge in [-0.3, -0.25) is 0 Å². The van der Waals surface area contributed by atoms with Crippen LogP contribution in [-0.2, 0) is 22.6 Å². The fourth-order valence-electron chi connectivity index (χ4n) is 4.63. The second-order valence-corrected chi connectivity index (χ2v) is 10.1.